The molecule has 0 amide bonds. The first-order valence-electron chi connectivity index (χ1n) is 3.16. The van der Waals surface area contributed by atoms with Crippen LogP contribution in [0.25, 0.3) is 0 Å². The lowest BCUT2D eigenvalue weighted by atomic mass is 10.4. The van der Waals surface area contributed by atoms with Crippen LogP contribution in [0.2, 0.25) is 0 Å². The second-order valence-corrected chi connectivity index (χ2v) is 4.83. The molecule has 0 aliphatic carbocycles. The van der Waals surface area contributed by atoms with Gasteiger partial charge in [0, 0.05) is 22.1 Å². The molecule has 0 atom stereocenters. The Balaban J connectivity index is 3.37. The van der Waals surface area contributed by atoms with Gasteiger partial charge in [-0.25, -0.2) is 18.4 Å². The lowest BCUT2D eigenvalue weighted by molar-refractivity contribution is 0.599. The third-order valence-electron chi connectivity index (χ3n) is 1.18. The molecule has 0 aliphatic rings. The van der Waals surface area contributed by atoms with Crippen LogP contribution in [-0.4, -0.2) is 18.4 Å². The van der Waals surface area contributed by atoms with Crippen molar-refractivity contribution >= 4 is 19.7 Å². The van der Waals surface area contributed by atoms with Gasteiger partial charge < -0.3 is 0 Å². The Morgan fingerprint density at radius 3 is 2.00 bits per heavy atom. The second kappa shape index (κ2) is 2.99. The maximum absolute atomic E-state index is 10.8. The maximum atomic E-state index is 10.8. The molecule has 0 spiro atoms. The van der Waals surface area contributed by atoms with E-state index in [-0.39, 0.29) is 5.16 Å². The van der Waals surface area contributed by atoms with Crippen molar-refractivity contribution in [1.29, 1.82) is 0 Å². The average Bonchev–Trinajstić information content (AvgIpc) is 1.82. The normalized spacial score (nSPS) is 11.6. The minimum Gasteiger partial charge on any atom is -0.223 e. The van der Waals surface area contributed by atoms with Gasteiger partial charge in [0.1, 0.15) is 0 Å². The van der Waals surface area contributed by atoms with Gasteiger partial charge in [0.05, 0.1) is 0 Å². The van der Waals surface area contributed by atoms with E-state index in [9.17, 15) is 8.42 Å². The smallest absolute Gasteiger partial charge is 0.223 e. The highest BCUT2D eigenvalue weighted by atomic mass is 35.7. The lowest BCUT2D eigenvalue weighted by Gasteiger charge is -1.97. The quantitative estimate of drug-likeness (QED) is 0.509. The molecule has 0 aromatic carbocycles. The van der Waals surface area contributed by atoms with E-state index in [4.69, 9.17) is 10.7 Å². The Bertz CT molecular complexity index is 382. The van der Waals surface area contributed by atoms with Crippen molar-refractivity contribution in [2.75, 3.05) is 0 Å². The minimum absolute atomic E-state index is 0.332. The molecule has 0 N–H and O–H groups in total. The van der Waals surface area contributed by atoms with E-state index < -0.39 is 9.05 Å². The Hall–Kier alpha value is -0.680. The van der Waals surface area contributed by atoms with E-state index in [0.29, 0.717) is 11.4 Å². The minimum atomic E-state index is -3.80. The molecule has 1 aromatic heterocycles. The molecule has 1 rings (SSSR count). The molecule has 6 heteroatoms. The fraction of sp³-hybridized carbons (Fsp3) is 0.333. The zero-order valence-electron chi connectivity index (χ0n) is 6.57. The number of halogens is 1. The van der Waals surface area contributed by atoms with Crippen LogP contribution in [0.3, 0.4) is 0 Å². The summed E-state index contributed by atoms with van der Waals surface area (Å²) in [6, 6.07) is 1.67. The predicted molar refractivity (Wildman–Crippen MR) is 44.5 cm³/mol. The van der Waals surface area contributed by atoms with Crippen LogP contribution in [0.1, 0.15) is 11.4 Å². The van der Waals surface area contributed by atoms with Crippen molar-refractivity contribution in [1.82, 2.24) is 9.97 Å². The van der Waals surface area contributed by atoms with Crippen LogP contribution in [0.15, 0.2) is 11.2 Å². The van der Waals surface area contributed by atoms with Crippen molar-refractivity contribution in [2.45, 2.75) is 19.0 Å². The van der Waals surface area contributed by atoms with Crippen molar-refractivity contribution in [2.24, 2.45) is 0 Å². The molecule has 66 valence electrons. The van der Waals surface area contributed by atoms with E-state index in [0.717, 1.165) is 0 Å². The largest absolute Gasteiger partial charge is 0.296 e. The topological polar surface area (TPSA) is 59.9 Å². The number of hydrogen-bond acceptors (Lipinski definition) is 4. The molecule has 1 aromatic rings. The highest BCUT2D eigenvalue weighted by Gasteiger charge is 2.14. The molecule has 0 fully saturated rings. The summed E-state index contributed by atoms with van der Waals surface area (Å²) in [5.41, 5.74) is 1.17. The molecular formula is C6H7ClN2O2S. The average molecular weight is 207 g/mol. The molecule has 0 radical (unpaired) electrons. The molecule has 0 saturated heterocycles. The monoisotopic (exact) mass is 206 g/mol. The summed E-state index contributed by atoms with van der Waals surface area (Å²) in [6.45, 7) is 3.36. The fourth-order valence-electron chi connectivity index (χ4n) is 0.803. The number of aryl methyl sites for hydroxylation is 2. The van der Waals surface area contributed by atoms with Crippen molar-refractivity contribution in [3.63, 3.8) is 0 Å². The van der Waals surface area contributed by atoms with E-state index in [2.05, 4.69) is 9.97 Å². The summed E-state index contributed by atoms with van der Waals surface area (Å²) in [4.78, 5) is 7.35. The van der Waals surface area contributed by atoms with E-state index >= 15 is 0 Å². The second-order valence-electron chi connectivity index (χ2n) is 2.37. The first kappa shape index (κ1) is 9.41. The number of rotatable bonds is 1. The Labute approximate surface area is 75.0 Å². The van der Waals surface area contributed by atoms with Crippen molar-refractivity contribution in [3.8, 4) is 0 Å². The summed E-state index contributed by atoms with van der Waals surface area (Å²) >= 11 is 0. The van der Waals surface area contributed by atoms with Crippen LogP contribution in [0, 0.1) is 13.8 Å². The van der Waals surface area contributed by atoms with E-state index in [1.54, 1.807) is 19.9 Å². The van der Waals surface area contributed by atoms with Gasteiger partial charge in [-0.05, 0) is 19.9 Å². The summed E-state index contributed by atoms with van der Waals surface area (Å²) in [6.07, 6.45) is 0. The highest BCUT2D eigenvalue weighted by molar-refractivity contribution is 8.13. The van der Waals surface area contributed by atoms with E-state index in [1.807, 2.05) is 0 Å². The van der Waals surface area contributed by atoms with E-state index in [1.165, 1.54) is 0 Å². The van der Waals surface area contributed by atoms with Gasteiger partial charge in [0.15, 0.2) is 0 Å². The first-order chi connectivity index (χ1) is 5.39. The fourth-order valence-corrected chi connectivity index (χ4v) is 1.52. The van der Waals surface area contributed by atoms with Gasteiger partial charge in [-0.3, -0.25) is 0 Å². The summed E-state index contributed by atoms with van der Waals surface area (Å²) in [5.74, 6) is 0. The predicted octanol–water partition coefficient (Wildman–Crippen LogP) is 1.02. The summed E-state index contributed by atoms with van der Waals surface area (Å²) in [5, 5.41) is -0.332. The molecule has 1 heterocycles. The van der Waals surface area contributed by atoms with Crippen LogP contribution in [0.5, 0.6) is 0 Å². The van der Waals surface area contributed by atoms with Crippen LogP contribution < -0.4 is 0 Å². The molecular weight excluding hydrogens is 200 g/mol. The van der Waals surface area contributed by atoms with Gasteiger partial charge in [-0.1, -0.05) is 0 Å². The third-order valence-corrected chi connectivity index (χ3v) is 2.21. The van der Waals surface area contributed by atoms with Crippen LogP contribution in [0.4, 0.5) is 0 Å². The summed E-state index contributed by atoms with van der Waals surface area (Å²) < 4.78 is 21.6. The standard InChI is InChI=1S/C6H7ClN2O2S/c1-4-3-5(2)9-6(8-4)12(7,10)11/h3H,1-2H3. The lowest BCUT2D eigenvalue weighted by Crippen LogP contribution is -2.01. The Kier molecular flexibility index (Phi) is 2.34. The van der Waals surface area contributed by atoms with Gasteiger partial charge in [-0.15, -0.1) is 0 Å². The van der Waals surface area contributed by atoms with Crippen LogP contribution >= 0.6 is 10.7 Å². The molecule has 12 heavy (non-hydrogen) atoms. The molecule has 0 saturated carbocycles. The maximum Gasteiger partial charge on any atom is 0.296 e. The van der Waals surface area contributed by atoms with Crippen molar-refractivity contribution < 1.29 is 8.42 Å². The SMILES string of the molecule is Cc1cc(C)nc(S(=O)(=O)Cl)n1. The van der Waals surface area contributed by atoms with Gasteiger partial charge in [-0.2, -0.15) is 0 Å². The van der Waals surface area contributed by atoms with Crippen LogP contribution in [-0.2, 0) is 9.05 Å². The van der Waals surface area contributed by atoms with Crippen molar-refractivity contribution in [3.05, 3.63) is 17.5 Å². The number of nitrogens with zero attached hydrogens (tertiary/aromatic N) is 2. The molecule has 0 unspecified atom stereocenters. The molecule has 0 bridgehead atoms. The molecule has 4 nitrogen and oxygen atoms in total. The number of aromatic nitrogens is 2. The first-order valence-corrected chi connectivity index (χ1v) is 5.47. The van der Waals surface area contributed by atoms with Gasteiger partial charge in [0.2, 0.25) is 0 Å². The number of hydrogen-bond donors (Lipinski definition) is 0. The summed E-state index contributed by atoms with van der Waals surface area (Å²) in [7, 11) is 1.25. The zero-order valence-corrected chi connectivity index (χ0v) is 8.15. The Morgan fingerprint density at radius 1 is 1.25 bits per heavy atom. The Morgan fingerprint density at radius 2 is 1.67 bits per heavy atom. The third kappa shape index (κ3) is 2.15. The highest BCUT2D eigenvalue weighted by Crippen LogP contribution is 2.10. The zero-order chi connectivity index (χ0) is 9.35. The van der Waals surface area contributed by atoms with Gasteiger partial charge >= 0.3 is 0 Å². The van der Waals surface area contributed by atoms with Gasteiger partial charge in [0.25, 0.3) is 14.2 Å². The molecule has 0 aliphatic heterocycles.